The average molecular weight is 787 g/mol. The molecule has 0 aromatic carbocycles. The normalized spacial score (nSPS) is 18.0. The first kappa shape index (κ1) is 50.2. The molecule has 12 heteroatoms. The van der Waals surface area contributed by atoms with Crippen molar-refractivity contribution >= 4 is 19.8 Å². The summed E-state index contributed by atoms with van der Waals surface area (Å²) in [4.78, 5) is 34.9. The van der Waals surface area contributed by atoms with Crippen molar-refractivity contribution in [1.29, 1.82) is 0 Å². The molecule has 5 atom stereocenters. The molecular weight excluding hydrogens is 711 g/mol. The molecule has 1 rings (SSSR count). The van der Waals surface area contributed by atoms with Crippen LogP contribution in [0.5, 0.6) is 0 Å². The fraction of sp³-hybridized carbons (Fsp3) is 0.810. The minimum atomic E-state index is -4.63. The van der Waals surface area contributed by atoms with E-state index in [1.54, 1.807) is 0 Å². The van der Waals surface area contributed by atoms with E-state index in [0.29, 0.717) is 31.5 Å². The lowest BCUT2D eigenvalue weighted by Crippen LogP contribution is -2.29. The second-order valence-electron chi connectivity index (χ2n) is 14.4. The Morgan fingerprint density at radius 1 is 0.667 bits per heavy atom. The first-order chi connectivity index (χ1) is 26.2. The number of epoxide rings is 1. The summed E-state index contributed by atoms with van der Waals surface area (Å²) in [6.45, 7) is 2.28. The highest BCUT2D eigenvalue weighted by molar-refractivity contribution is 7.47. The SMILES string of the molecule is CCCCCCCCCCCCCCCC(=O)O[C@H](COC(=O)CCC/C=C\C/C=C\C/C=C\CC1OC1CCCCC)COP(=O)(O)OC[C@@H](O)CO. The number of esters is 2. The van der Waals surface area contributed by atoms with Crippen LogP contribution in [-0.4, -0.2) is 77.9 Å². The average Bonchev–Trinajstić information content (AvgIpc) is 3.91. The molecule has 0 amide bonds. The number of hydrogen-bond acceptors (Lipinski definition) is 10. The number of phosphoric acid groups is 1. The minimum absolute atomic E-state index is 0.163. The second-order valence-corrected chi connectivity index (χ2v) is 15.9. The molecule has 11 nitrogen and oxygen atoms in total. The van der Waals surface area contributed by atoms with Crippen LogP contribution in [0.1, 0.15) is 168 Å². The van der Waals surface area contributed by atoms with Crippen molar-refractivity contribution in [3.63, 3.8) is 0 Å². The molecular formula is C42H75O11P. The highest BCUT2D eigenvalue weighted by atomic mass is 31.2. The molecule has 3 unspecified atom stereocenters. The number of allylic oxidation sites excluding steroid dienone is 5. The van der Waals surface area contributed by atoms with Gasteiger partial charge in [0.05, 0.1) is 32.0 Å². The molecule has 0 aromatic heterocycles. The summed E-state index contributed by atoms with van der Waals surface area (Å²) in [6, 6.07) is 0. The number of carbonyl (C=O) groups excluding carboxylic acids is 2. The van der Waals surface area contributed by atoms with Gasteiger partial charge in [-0.25, -0.2) is 4.57 Å². The molecule has 1 aliphatic heterocycles. The standard InChI is InChI=1S/C42H75O11P/c1-3-5-7-8-9-10-11-12-13-18-21-24-28-32-42(46)52-38(36-51-54(47,48)50-34-37(44)33-43)35-49-41(45)31-27-23-20-17-15-14-16-19-22-26-30-40-39(53-40)29-25-6-4-2/h14,16-17,20,22,26,37-40,43-44H,3-13,15,18-19,21,23-25,27-36H2,1-2H3,(H,47,48)/b16-14-,20-17-,26-22-/t37-,38+,39?,40?/m0/s1. The first-order valence-electron chi connectivity index (χ1n) is 21.1. The number of aliphatic hydroxyl groups excluding tert-OH is 2. The zero-order valence-corrected chi connectivity index (χ0v) is 34.5. The summed E-state index contributed by atoms with van der Waals surface area (Å²) in [6.07, 6.45) is 35.8. The van der Waals surface area contributed by atoms with Crippen molar-refractivity contribution in [2.45, 2.75) is 192 Å². The van der Waals surface area contributed by atoms with Crippen molar-refractivity contribution in [3.8, 4) is 0 Å². The Bertz CT molecular complexity index is 1060. The molecule has 54 heavy (non-hydrogen) atoms. The Labute approximate surface area is 326 Å². The van der Waals surface area contributed by atoms with E-state index in [-0.39, 0.29) is 19.4 Å². The third-order valence-electron chi connectivity index (χ3n) is 9.22. The van der Waals surface area contributed by atoms with Crippen LogP contribution in [0, 0.1) is 0 Å². The van der Waals surface area contributed by atoms with Crippen molar-refractivity contribution in [3.05, 3.63) is 36.5 Å². The smallest absolute Gasteiger partial charge is 0.462 e. The number of carbonyl (C=O) groups is 2. The number of aliphatic hydroxyl groups is 2. The maximum absolute atomic E-state index is 12.6. The predicted octanol–water partition coefficient (Wildman–Crippen LogP) is 9.77. The summed E-state index contributed by atoms with van der Waals surface area (Å²) in [5, 5.41) is 18.3. The zero-order valence-electron chi connectivity index (χ0n) is 33.6. The largest absolute Gasteiger partial charge is 0.472 e. The van der Waals surface area contributed by atoms with Gasteiger partial charge in [0.2, 0.25) is 0 Å². The Balaban J connectivity index is 2.29. The molecule has 1 heterocycles. The number of unbranched alkanes of at least 4 members (excludes halogenated alkanes) is 15. The van der Waals surface area contributed by atoms with Gasteiger partial charge >= 0.3 is 19.8 Å². The van der Waals surface area contributed by atoms with Crippen molar-refractivity contribution in [1.82, 2.24) is 0 Å². The van der Waals surface area contributed by atoms with Gasteiger partial charge in [0, 0.05) is 12.8 Å². The van der Waals surface area contributed by atoms with Crippen LogP contribution in [-0.2, 0) is 37.4 Å². The topological polar surface area (TPSA) is 161 Å². The van der Waals surface area contributed by atoms with E-state index >= 15 is 0 Å². The van der Waals surface area contributed by atoms with Gasteiger partial charge in [-0.05, 0) is 44.9 Å². The lowest BCUT2D eigenvalue weighted by atomic mass is 10.0. The van der Waals surface area contributed by atoms with E-state index in [1.165, 1.54) is 83.5 Å². The maximum Gasteiger partial charge on any atom is 0.472 e. The number of ether oxygens (including phenoxy) is 3. The maximum atomic E-state index is 12.6. The minimum Gasteiger partial charge on any atom is -0.462 e. The van der Waals surface area contributed by atoms with Gasteiger partial charge in [-0.2, -0.15) is 0 Å². The van der Waals surface area contributed by atoms with Crippen LogP contribution in [0.25, 0.3) is 0 Å². The van der Waals surface area contributed by atoms with E-state index in [4.69, 9.17) is 23.8 Å². The lowest BCUT2D eigenvalue weighted by Gasteiger charge is -2.20. The van der Waals surface area contributed by atoms with Crippen LogP contribution in [0.2, 0.25) is 0 Å². The van der Waals surface area contributed by atoms with Gasteiger partial charge < -0.3 is 29.3 Å². The lowest BCUT2D eigenvalue weighted by molar-refractivity contribution is -0.161. The van der Waals surface area contributed by atoms with Crippen LogP contribution in [0.15, 0.2) is 36.5 Å². The molecule has 1 saturated heterocycles. The molecule has 1 fully saturated rings. The summed E-state index contributed by atoms with van der Waals surface area (Å²) >= 11 is 0. The van der Waals surface area contributed by atoms with Gasteiger partial charge in [0.1, 0.15) is 12.7 Å². The van der Waals surface area contributed by atoms with Gasteiger partial charge in [-0.1, -0.05) is 147 Å². The molecule has 0 spiro atoms. The van der Waals surface area contributed by atoms with Gasteiger partial charge in [0.15, 0.2) is 6.10 Å². The van der Waals surface area contributed by atoms with Crippen LogP contribution in [0.4, 0.5) is 0 Å². The Morgan fingerprint density at radius 3 is 1.83 bits per heavy atom. The predicted molar refractivity (Wildman–Crippen MR) is 214 cm³/mol. The Morgan fingerprint density at radius 2 is 1.20 bits per heavy atom. The fourth-order valence-corrected chi connectivity index (χ4v) is 6.63. The van der Waals surface area contributed by atoms with Crippen molar-refractivity contribution in [2.75, 3.05) is 26.4 Å². The molecule has 0 saturated carbocycles. The Hall–Kier alpha value is -1.85. The van der Waals surface area contributed by atoms with Gasteiger partial charge in [-0.15, -0.1) is 0 Å². The molecule has 314 valence electrons. The summed E-state index contributed by atoms with van der Waals surface area (Å²) in [7, 11) is -4.63. The summed E-state index contributed by atoms with van der Waals surface area (Å²) < 4.78 is 38.3. The third-order valence-corrected chi connectivity index (χ3v) is 10.2. The van der Waals surface area contributed by atoms with E-state index in [0.717, 1.165) is 38.5 Å². The molecule has 0 bridgehead atoms. The first-order valence-corrected chi connectivity index (χ1v) is 22.6. The van der Waals surface area contributed by atoms with Gasteiger partial charge in [-0.3, -0.25) is 18.6 Å². The number of hydrogen-bond donors (Lipinski definition) is 3. The second kappa shape index (κ2) is 34.4. The quantitative estimate of drug-likeness (QED) is 0.0180. The van der Waals surface area contributed by atoms with E-state index in [2.05, 4.69) is 48.8 Å². The molecule has 0 aliphatic carbocycles. The van der Waals surface area contributed by atoms with Crippen molar-refractivity contribution < 1.29 is 52.5 Å². The highest BCUT2D eigenvalue weighted by Gasteiger charge is 2.36. The van der Waals surface area contributed by atoms with Crippen LogP contribution in [0.3, 0.4) is 0 Å². The van der Waals surface area contributed by atoms with Crippen LogP contribution >= 0.6 is 7.82 Å². The summed E-state index contributed by atoms with van der Waals surface area (Å²) in [5.41, 5.74) is 0. The van der Waals surface area contributed by atoms with Crippen molar-refractivity contribution in [2.24, 2.45) is 0 Å². The highest BCUT2D eigenvalue weighted by Crippen LogP contribution is 2.43. The monoisotopic (exact) mass is 787 g/mol. The van der Waals surface area contributed by atoms with Crippen LogP contribution < -0.4 is 0 Å². The molecule has 3 N–H and O–H groups in total. The van der Waals surface area contributed by atoms with E-state index in [9.17, 15) is 24.2 Å². The molecule has 0 radical (unpaired) electrons. The fourth-order valence-electron chi connectivity index (χ4n) is 5.84. The van der Waals surface area contributed by atoms with E-state index in [1.807, 2.05) is 6.08 Å². The van der Waals surface area contributed by atoms with E-state index < -0.39 is 51.8 Å². The Kier molecular flexibility index (Phi) is 32.0. The van der Waals surface area contributed by atoms with Gasteiger partial charge in [0.25, 0.3) is 0 Å². The molecule has 0 aromatic rings. The summed E-state index contributed by atoms with van der Waals surface area (Å²) in [5.74, 6) is -0.993. The number of rotatable bonds is 38. The third kappa shape index (κ3) is 31.4. The number of phosphoric ester groups is 1. The zero-order chi connectivity index (χ0) is 39.5. The molecule has 1 aliphatic rings.